The zero-order valence-electron chi connectivity index (χ0n) is 9.56. The molecule has 1 aliphatic carbocycles. The summed E-state index contributed by atoms with van der Waals surface area (Å²) in [4.78, 5) is 23.2. The van der Waals surface area contributed by atoms with Crippen molar-refractivity contribution in [3.8, 4) is 0 Å². The predicted octanol–water partition coefficient (Wildman–Crippen LogP) is 1.93. The summed E-state index contributed by atoms with van der Waals surface area (Å²) in [6, 6.07) is 5.50. The monoisotopic (exact) mass is 228 g/mol. The fraction of sp³-hybridized carbons (Fsp3) is 0.308. The van der Waals surface area contributed by atoms with Crippen molar-refractivity contribution in [2.45, 2.75) is 26.2 Å². The molecule has 0 fully saturated rings. The molecule has 1 aromatic carbocycles. The van der Waals surface area contributed by atoms with Crippen LogP contribution in [-0.4, -0.2) is 17.4 Å². The minimum Gasteiger partial charge on any atom is -0.294 e. The topological polar surface area (TPSA) is 49.7 Å². The van der Waals surface area contributed by atoms with Crippen molar-refractivity contribution >= 4 is 23.1 Å². The molecule has 4 heteroatoms. The fourth-order valence-electron chi connectivity index (χ4n) is 2.33. The number of ketones is 1. The minimum absolute atomic E-state index is 0.00762. The Morgan fingerprint density at radius 2 is 2.06 bits per heavy atom. The minimum atomic E-state index is -0.00762. The lowest BCUT2D eigenvalue weighted by atomic mass is 10.1. The summed E-state index contributed by atoms with van der Waals surface area (Å²) in [5.74, 6) is 0.186. The molecule has 17 heavy (non-hydrogen) atoms. The van der Waals surface area contributed by atoms with E-state index >= 15 is 0 Å². The zero-order chi connectivity index (χ0) is 12.0. The van der Waals surface area contributed by atoms with Gasteiger partial charge in [-0.25, -0.2) is 5.01 Å². The Morgan fingerprint density at radius 3 is 2.76 bits per heavy atom. The lowest BCUT2D eigenvalue weighted by Crippen LogP contribution is -2.19. The third-order valence-electron chi connectivity index (χ3n) is 3.17. The van der Waals surface area contributed by atoms with Crippen molar-refractivity contribution in [3.63, 3.8) is 0 Å². The summed E-state index contributed by atoms with van der Waals surface area (Å²) in [5.41, 5.74) is 3.41. The maximum absolute atomic E-state index is 11.7. The van der Waals surface area contributed by atoms with Crippen LogP contribution in [-0.2, 0) is 11.2 Å². The predicted molar refractivity (Wildman–Crippen MR) is 64.3 cm³/mol. The lowest BCUT2D eigenvalue weighted by Gasteiger charge is -2.12. The molecule has 1 amide bonds. The number of rotatable bonds is 1. The summed E-state index contributed by atoms with van der Waals surface area (Å²) in [6.45, 7) is 1.84. The molecule has 0 N–H and O–H groups in total. The van der Waals surface area contributed by atoms with Crippen LogP contribution >= 0.6 is 0 Å². The highest BCUT2D eigenvalue weighted by Crippen LogP contribution is 2.28. The van der Waals surface area contributed by atoms with Gasteiger partial charge in [-0.2, -0.15) is 5.10 Å². The number of hydrogen-bond acceptors (Lipinski definition) is 3. The van der Waals surface area contributed by atoms with E-state index in [4.69, 9.17) is 0 Å². The van der Waals surface area contributed by atoms with Gasteiger partial charge in [0.05, 0.1) is 12.1 Å². The van der Waals surface area contributed by atoms with E-state index in [-0.39, 0.29) is 11.7 Å². The largest absolute Gasteiger partial charge is 0.294 e. The second-order valence-corrected chi connectivity index (χ2v) is 4.48. The van der Waals surface area contributed by atoms with Crippen LogP contribution in [0.3, 0.4) is 0 Å². The third kappa shape index (κ3) is 1.56. The van der Waals surface area contributed by atoms with Crippen LogP contribution < -0.4 is 5.01 Å². The first-order valence-corrected chi connectivity index (χ1v) is 5.68. The summed E-state index contributed by atoms with van der Waals surface area (Å²) in [7, 11) is 0. The van der Waals surface area contributed by atoms with E-state index in [0.29, 0.717) is 12.8 Å². The Kier molecular flexibility index (Phi) is 2.11. The third-order valence-corrected chi connectivity index (χ3v) is 3.17. The highest BCUT2D eigenvalue weighted by atomic mass is 16.2. The first kappa shape index (κ1) is 10.2. The molecule has 0 saturated heterocycles. The molecular weight excluding hydrogens is 216 g/mol. The standard InChI is InChI=1S/C13H12N2O2/c1-8-6-13(17)15(14-8)10-3-4-11-9(7-10)2-5-12(11)16/h3-4,7H,2,5-6H2,1H3. The molecular formula is C13H12N2O2. The maximum Gasteiger partial charge on any atom is 0.253 e. The van der Waals surface area contributed by atoms with E-state index in [2.05, 4.69) is 5.10 Å². The van der Waals surface area contributed by atoms with Gasteiger partial charge in [0, 0.05) is 17.7 Å². The van der Waals surface area contributed by atoms with Crippen LogP contribution in [0.5, 0.6) is 0 Å². The molecule has 1 aromatic rings. The number of Topliss-reactive ketones (excluding diaryl/α,β-unsaturated/α-hetero) is 1. The molecule has 0 atom stereocenters. The average molecular weight is 228 g/mol. The first-order valence-electron chi connectivity index (χ1n) is 5.68. The number of fused-ring (bicyclic) bond motifs is 1. The van der Waals surface area contributed by atoms with Gasteiger partial charge in [0.1, 0.15) is 0 Å². The Bertz CT molecular complexity index is 561. The number of aryl methyl sites for hydroxylation is 1. The Labute approximate surface area is 98.9 Å². The van der Waals surface area contributed by atoms with Gasteiger partial charge in [0.25, 0.3) is 5.91 Å². The molecule has 0 spiro atoms. The van der Waals surface area contributed by atoms with Crippen LogP contribution in [0, 0.1) is 0 Å². The molecule has 0 bridgehead atoms. The highest BCUT2D eigenvalue weighted by molar-refractivity contribution is 6.12. The number of hydrazone groups is 1. The lowest BCUT2D eigenvalue weighted by molar-refractivity contribution is -0.116. The Hall–Kier alpha value is -1.97. The van der Waals surface area contributed by atoms with E-state index in [1.165, 1.54) is 5.01 Å². The molecule has 86 valence electrons. The fourth-order valence-corrected chi connectivity index (χ4v) is 2.33. The first-order chi connectivity index (χ1) is 8.15. The van der Waals surface area contributed by atoms with E-state index in [1.807, 2.05) is 13.0 Å². The summed E-state index contributed by atoms with van der Waals surface area (Å²) in [6.07, 6.45) is 1.73. The van der Waals surface area contributed by atoms with E-state index in [9.17, 15) is 9.59 Å². The van der Waals surface area contributed by atoms with Crippen molar-refractivity contribution < 1.29 is 9.59 Å². The highest BCUT2D eigenvalue weighted by Gasteiger charge is 2.25. The van der Waals surface area contributed by atoms with Gasteiger partial charge in [-0.05, 0) is 37.1 Å². The molecule has 0 radical (unpaired) electrons. The molecule has 4 nitrogen and oxygen atoms in total. The Morgan fingerprint density at radius 1 is 1.24 bits per heavy atom. The maximum atomic E-state index is 11.7. The smallest absolute Gasteiger partial charge is 0.253 e. The SMILES string of the molecule is CC1=NN(c2ccc3c(c2)CCC3=O)C(=O)C1. The molecule has 0 saturated carbocycles. The summed E-state index contributed by atoms with van der Waals surface area (Å²) in [5, 5.41) is 5.63. The summed E-state index contributed by atoms with van der Waals surface area (Å²) < 4.78 is 0. The van der Waals surface area contributed by atoms with Gasteiger partial charge < -0.3 is 0 Å². The van der Waals surface area contributed by atoms with E-state index < -0.39 is 0 Å². The number of carbonyl (C=O) groups excluding carboxylic acids is 2. The number of hydrogen-bond donors (Lipinski definition) is 0. The van der Waals surface area contributed by atoms with Crippen LogP contribution in [0.4, 0.5) is 5.69 Å². The van der Waals surface area contributed by atoms with Crippen LogP contribution in [0.15, 0.2) is 23.3 Å². The normalized spacial score (nSPS) is 18.6. The number of amides is 1. The second-order valence-electron chi connectivity index (χ2n) is 4.48. The van der Waals surface area contributed by atoms with Crippen molar-refractivity contribution in [3.05, 3.63) is 29.3 Å². The van der Waals surface area contributed by atoms with Gasteiger partial charge in [-0.3, -0.25) is 9.59 Å². The van der Waals surface area contributed by atoms with E-state index in [1.54, 1.807) is 12.1 Å². The molecule has 0 unspecified atom stereocenters. The zero-order valence-corrected chi connectivity index (χ0v) is 9.56. The van der Waals surface area contributed by atoms with Gasteiger partial charge in [-0.15, -0.1) is 0 Å². The molecule has 2 aliphatic rings. The molecule has 0 aromatic heterocycles. The number of nitrogens with zero attached hydrogens (tertiary/aromatic N) is 2. The number of carbonyl (C=O) groups is 2. The van der Waals surface area contributed by atoms with Crippen molar-refractivity contribution in [2.75, 3.05) is 5.01 Å². The van der Waals surface area contributed by atoms with Crippen LogP contribution in [0.25, 0.3) is 0 Å². The van der Waals surface area contributed by atoms with Crippen LogP contribution in [0.1, 0.15) is 35.7 Å². The van der Waals surface area contributed by atoms with E-state index in [0.717, 1.165) is 28.9 Å². The van der Waals surface area contributed by atoms with Crippen LogP contribution in [0.2, 0.25) is 0 Å². The quantitative estimate of drug-likeness (QED) is 0.737. The van der Waals surface area contributed by atoms with Crippen molar-refractivity contribution in [1.82, 2.24) is 0 Å². The second kappa shape index (κ2) is 3.52. The van der Waals surface area contributed by atoms with Crippen molar-refractivity contribution in [2.24, 2.45) is 5.10 Å². The molecule has 1 aliphatic heterocycles. The van der Waals surface area contributed by atoms with Crippen molar-refractivity contribution in [1.29, 1.82) is 0 Å². The molecule has 3 rings (SSSR count). The molecule has 1 heterocycles. The average Bonchev–Trinajstić information content (AvgIpc) is 2.82. The van der Waals surface area contributed by atoms with Gasteiger partial charge in [0.15, 0.2) is 5.78 Å². The number of anilines is 1. The van der Waals surface area contributed by atoms with Gasteiger partial charge in [0.2, 0.25) is 0 Å². The summed E-state index contributed by atoms with van der Waals surface area (Å²) >= 11 is 0. The van der Waals surface area contributed by atoms with Gasteiger partial charge >= 0.3 is 0 Å². The van der Waals surface area contributed by atoms with Gasteiger partial charge in [-0.1, -0.05) is 0 Å². The number of benzene rings is 1. The Balaban J connectivity index is 2.01.